The van der Waals surface area contributed by atoms with E-state index >= 15 is 0 Å². The molecule has 2 aliphatic heterocycles. The molecule has 0 fully saturated rings. The molecule has 33 heavy (non-hydrogen) atoms. The van der Waals surface area contributed by atoms with E-state index in [0.29, 0.717) is 53.4 Å². The molecule has 0 saturated carbocycles. The summed E-state index contributed by atoms with van der Waals surface area (Å²) in [7, 11) is 4.60. The highest BCUT2D eigenvalue weighted by Crippen LogP contribution is 2.49. The van der Waals surface area contributed by atoms with Crippen LogP contribution in [0.4, 0.5) is 5.69 Å². The van der Waals surface area contributed by atoms with Crippen LogP contribution in [-0.2, 0) is 9.53 Å². The molecule has 2 aromatic carbocycles. The first-order valence-electron chi connectivity index (χ1n) is 10.8. The molecule has 3 amide bonds. The number of rotatable bonds is 9. The fraction of sp³-hybridized carbons (Fsp3) is 0.375. The average molecular weight is 453 g/mol. The number of benzene rings is 2. The zero-order valence-electron chi connectivity index (χ0n) is 18.9. The standard InChI is InChI=1S/C24H27N3O6/c1-31-14-6-12-25-19(28)11-13-26-22-16-9-10-18(32-2)21(33-3)20(16)24(30)27(22)17-8-5-4-7-15(17)23(26)29/h4-5,7-10,22H,6,11-14H2,1-3H3,(H,25,28)/t22-/m1/s1. The Morgan fingerprint density at radius 1 is 1.03 bits per heavy atom. The highest BCUT2D eigenvalue weighted by molar-refractivity contribution is 6.18. The van der Waals surface area contributed by atoms with Crippen molar-refractivity contribution in [2.45, 2.75) is 19.0 Å². The van der Waals surface area contributed by atoms with E-state index in [2.05, 4.69) is 5.32 Å². The lowest BCUT2D eigenvalue weighted by Crippen LogP contribution is -2.49. The van der Waals surface area contributed by atoms with Crippen molar-refractivity contribution in [3.8, 4) is 11.5 Å². The predicted octanol–water partition coefficient (Wildman–Crippen LogP) is 2.36. The van der Waals surface area contributed by atoms with Crippen LogP contribution in [0.3, 0.4) is 0 Å². The van der Waals surface area contributed by atoms with Gasteiger partial charge in [-0.3, -0.25) is 19.3 Å². The van der Waals surface area contributed by atoms with Gasteiger partial charge >= 0.3 is 0 Å². The summed E-state index contributed by atoms with van der Waals surface area (Å²) in [5.41, 5.74) is 1.96. The van der Waals surface area contributed by atoms with Gasteiger partial charge in [-0.15, -0.1) is 0 Å². The largest absolute Gasteiger partial charge is 0.493 e. The maximum Gasteiger partial charge on any atom is 0.264 e. The molecule has 174 valence electrons. The van der Waals surface area contributed by atoms with Gasteiger partial charge in [0.2, 0.25) is 5.91 Å². The summed E-state index contributed by atoms with van der Waals surface area (Å²) in [6, 6.07) is 10.5. The first-order valence-corrected chi connectivity index (χ1v) is 10.8. The third kappa shape index (κ3) is 3.89. The Bertz CT molecular complexity index is 1090. The Balaban J connectivity index is 1.69. The molecule has 1 atom stereocenters. The number of amides is 3. The number of hydrogen-bond acceptors (Lipinski definition) is 6. The maximum atomic E-state index is 13.6. The van der Waals surface area contributed by atoms with Crippen LogP contribution in [0, 0.1) is 0 Å². The molecule has 4 rings (SSSR count). The number of anilines is 1. The number of ether oxygens (including phenoxy) is 3. The van der Waals surface area contributed by atoms with Gasteiger partial charge in [-0.05, 0) is 24.6 Å². The van der Waals surface area contributed by atoms with E-state index in [-0.39, 0.29) is 30.7 Å². The van der Waals surface area contributed by atoms with E-state index in [4.69, 9.17) is 14.2 Å². The van der Waals surface area contributed by atoms with E-state index in [1.165, 1.54) is 14.2 Å². The Hall–Kier alpha value is -3.59. The molecule has 0 aromatic heterocycles. The van der Waals surface area contributed by atoms with Gasteiger partial charge in [0.1, 0.15) is 6.17 Å². The predicted molar refractivity (Wildman–Crippen MR) is 121 cm³/mol. The van der Waals surface area contributed by atoms with E-state index in [0.717, 1.165) is 0 Å². The Labute approximate surface area is 192 Å². The first kappa shape index (κ1) is 22.6. The van der Waals surface area contributed by atoms with Crippen LogP contribution in [0.5, 0.6) is 11.5 Å². The van der Waals surface area contributed by atoms with Crippen molar-refractivity contribution in [3.63, 3.8) is 0 Å². The summed E-state index contributed by atoms with van der Waals surface area (Å²) >= 11 is 0. The topological polar surface area (TPSA) is 97.4 Å². The number of methoxy groups -OCH3 is 3. The highest BCUT2D eigenvalue weighted by Gasteiger charge is 2.49. The van der Waals surface area contributed by atoms with Gasteiger partial charge < -0.3 is 24.4 Å². The smallest absolute Gasteiger partial charge is 0.264 e. The fourth-order valence-corrected chi connectivity index (χ4v) is 4.41. The third-order valence-corrected chi connectivity index (χ3v) is 5.91. The Morgan fingerprint density at radius 3 is 2.55 bits per heavy atom. The van der Waals surface area contributed by atoms with Crippen molar-refractivity contribution in [2.75, 3.05) is 45.9 Å². The third-order valence-electron chi connectivity index (χ3n) is 5.91. The van der Waals surface area contributed by atoms with Gasteiger partial charge in [0.05, 0.1) is 31.0 Å². The summed E-state index contributed by atoms with van der Waals surface area (Å²) in [5, 5.41) is 2.84. The molecule has 2 aromatic rings. The van der Waals surface area contributed by atoms with E-state index in [1.54, 1.807) is 53.3 Å². The molecular weight excluding hydrogens is 426 g/mol. The van der Waals surface area contributed by atoms with Crippen LogP contribution in [0.1, 0.15) is 45.3 Å². The van der Waals surface area contributed by atoms with Crippen LogP contribution >= 0.6 is 0 Å². The van der Waals surface area contributed by atoms with Gasteiger partial charge in [0, 0.05) is 38.8 Å². The number of nitrogens with zero attached hydrogens (tertiary/aromatic N) is 2. The minimum absolute atomic E-state index is 0.113. The number of para-hydroxylation sites is 1. The summed E-state index contributed by atoms with van der Waals surface area (Å²) < 4.78 is 15.9. The Morgan fingerprint density at radius 2 is 1.82 bits per heavy atom. The van der Waals surface area contributed by atoms with Crippen molar-refractivity contribution in [2.24, 2.45) is 0 Å². The number of nitrogens with one attached hydrogen (secondary N) is 1. The zero-order chi connectivity index (χ0) is 23.5. The molecule has 0 bridgehead atoms. The van der Waals surface area contributed by atoms with E-state index in [1.807, 2.05) is 0 Å². The molecule has 2 aliphatic rings. The van der Waals surface area contributed by atoms with Crippen molar-refractivity contribution in [3.05, 3.63) is 53.1 Å². The molecular formula is C24H27N3O6. The maximum absolute atomic E-state index is 13.6. The summed E-state index contributed by atoms with van der Waals surface area (Å²) in [6.45, 7) is 1.21. The van der Waals surface area contributed by atoms with Crippen LogP contribution in [0.25, 0.3) is 0 Å². The monoisotopic (exact) mass is 453 g/mol. The van der Waals surface area contributed by atoms with Crippen LogP contribution in [-0.4, -0.2) is 63.6 Å². The fourth-order valence-electron chi connectivity index (χ4n) is 4.41. The lowest BCUT2D eigenvalue weighted by atomic mass is 10.0. The van der Waals surface area contributed by atoms with Crippen molar-refractivity contribution >= 4 is 23.4 Å². The molecule has 0 unspecified atom stereocenters. The summed E-state index contributed by atoms with van der Waals surface area (Å²) in [4.78, 5) is 42.6. The quantitative estimate of drug-likeness (QED) is 0.586. The second-order valence-electron chi connectivity index (χ2n) is 7.78. The highest BCUT2D eigenvalue weighted by atomic mass is 16.5. The minimum atomic E-state index is -0.670. The molecule has 0 aliphatic carbocycles. The molecule has 0 radical (unpaired) electrons. The van der Waals surface area contributed by atoms with Crippen molar-refractivity contribution in [1.29, 1.82) is 0 Å². The zero-order valence-corrected chi connectivity index (χ0v) is 18.9. The van der Waals surface area contributed by atoms with Gasteiger partial charge in [-0.25, -0.2) is 0 Å². The number of hydrogen-bond donors (Lipinski definition) is 1. The molecule has 1 N–H and O–H groups in total. The van der Waals surface area contributed by atoms with Crippen LogP contribution in [0.15, 0.2) is 36.4 Å². The second-order valence-corrected chi connectivity index (χ2v) is 7.78. The van der Waals surface area contributed by atoms with Crippen LogP contribution in [0.2, 0.25) is 0 Å². The minimum Gasteiger partial charge on any atom is -0.493 e. The number of fused-ring (bicyclic) bond motifs is 5. The SMILES string of the molecule is COCCCNC(=O)CCN1C(=O)c2ccccc2N2C(=O)c3c(ccc(OC)c3OC)[C@H]12. The molecule has 0 spiro atoms. The average Bonchev–Trinajstić information content (AvgIpc) is 3.13. The van der Waals surface area contributed by atoms with Gasteiger partial charge in [-0.1, -0.05) is 18.2 Å². The number of carbonyl (C=O) groups excluding carboxylic acids is 3. The summed E-state index contributed by atoms with van der Waals surface area (Å²) in [5.74, 6) is 0.0940. The van der Waals surface area contributed by atoms with Crippen molar-refractivity contribution < 1.29 is 28.6 Å². The van der Waals surface area contributed by atoms with E-state index < -0.39 is 6.17 Å². The van der Waals surface area contributed by atoms with Crippen molar-refractivity contribution in [1.82, 2.24) is 10.2 Å². The molecule has 9 heteroatoms. The van der Waals surface area contributed by atoms with Gasteiger partial charge in [-0.2, -0.15) is 0 Å². The second kappa shape index (κ2) is 9.50. The molecule has 2 heterocycles. The summed E-state index contributed by atoms with van der Waals surface area (Å²) in [6.07, 6.45) is 0.149. The molecule has 9 nitrogen and oxygen atoms in total. The first-order chi connectivity index (χ1) is 16.0. The van der Waals surface area contributed by atoms with E-state index in [9.17, 15) is 14.4 Å². The Kier molecular flexibility index (Phi) is 6.50. The lowest BCUT2D eigenvalue weighted by Gasteiger charge is -2.40. The normalized spacial score (nSPS) is 16.3. The lowest BCUT2D eigenvalue weighted by molar-refractivity contribution is -0.121. The molecule has 0 saturated heterocycles. The number of carbonyl (C=O) groups is 3. The van der Waals surface area contributed by atoms with Crippen LogP contribution < -0.4 is 19.7 Å². The van der Waals surface area contributed by atoms with Gasteiger partial charge in [0.25, 0.3) is 11.8 Å². The van der Waals surface area contributed by atoms with Gasteiger partial charge in [0.15, 0.2) is 11.5 Å².